The third-order valence-electron chi connectivity index (χ3n) is 4.06. The Morgan fingerprint density at radius 1 is 0.938 bits per heavy atom. The Bertz CT molecular complexity index is 310. The Hall–Kier alpha value is -0.780. The number of rotatable bonds is 3. The first-order valence-corrected chi connectivity index (χ1v) is 6.97. The minimum atomic E-state index is 0.861. The molecule has 0 unspecified atom stereocenters. The van der Waals surface area contributed by atoms with Gasteiger partial charge in [-0.3, -0.25) is 0 Å². The molecule has 0 atom stereocenters. The molecule has 88 valence electrons. The van der Waals surface area contributed by atoms with E-state index in [0.717, 1.165) is 5.92 Å². The highest BCUT2D eigenvalue weighted by Crippen LogP contribution is 2.36. The van der Waals surface area contributed by atoms with Crippen LogP contribution in [0.4, 0.5) is 0 Å². The Morgan fingerprint density at radius 3 is 2.00 bits per heavy atom. The fraction of sp³-hybridized carbons (Fsp3) is 0.625. The second-order valence-electron chi connectivity index (χ2n) is 5.03. The standard InChI is InChI=1S/C16H24/c1-3-13-11-8-12-14(4-2)16(13)15-9-6-5-7-10-15/h8,11-12,15H,3-7,9-10H2,1-2H3. The molecule has 0 nitrogen and oxygen atoms in total. The Labute approximate surface area is 100 Å². The van der Waals surface area contributed by atoms with E-state index in [1.807, 2.05) is 0 Å². The van der Waals surface area contributed by atoms with E-state index in [2.05, 4.69) is 32.0 Å². The summed E-state index contributed by atoms with van der Waals surface area (Å²) in [7, 11) is 0. The van der Waals surface area contributed by atoms with Crippen molar-refractivity contribution in [2.45, 2.75) is 64.7 Å². The van der Waals surface area contributed by atoms with Crippen molar-refractivity contribution in [3.8, 4) is 0 Å². The van der Waals surface area contributed by atoms with E-state index in [4.69, 9.17) is 0 Å². The van der Waals surface area contributed by atoms with Crippen molar-refractivity contribution < 1.29 is 0 Å². The van der Waals surface area contributed by atoms with E-state index in [1.54, 1.807) is 16.7 Å². The third-order valence-corrected chi connectivity index (χ3v) is 4.06. The lowest BCUT2D eigenvalue weighted by molar-refractivity contribution is 0.440. The van der Waals surface area contributed by atoms with E-state index in [0.29, 0.717) is 0 Å². The van der Waals surface area contributed by atoms with Crippen molar-refractivity contribution >= 4 is 0 Å². The Kier molecular flexibility index (Phi) is 4.04. The number of aryl methyl sites for hydroxylation is 2. The average Bonchev–Trinajstić information content (AvgIpc) is 2.38. The number of hydrogen-bond acceptors (Lipinski definition) is 0. The van der Waals surface area contributed by atoms with Crippen LogP contribution in [0.2, 0.25) is 0 Å². The fourth-order valence-corrected chi connectivity index (χ4v) is 3.20. The highest BCUT2D eigenvalue weighted by atomic mass is 14.2. The molecular formula is C16H24. The minimum Gasteiger partial charge on any atom is -0.0617 e. The molecule has 0 N–H and O–H groups in total. The zero-order valence-corrected chi connectivity index (χ0v) is 10.8. The van der Waals surface area contributed by atoms with Gasteiger partial charge in [0.1, 0.15) is 0 Å². The molecule has 0 heterocycles. The Balaban J connectivity index is 2.34. The van der Waals surface area contributed by atoms with Crippen LogP contribution in [0, 0.1) is 0 Å². The molecule has 2 rings (SSSR count). The maximum absolute atomic E-state index is 2.34. The SMILES string of the molecule is CCc1cccc(CC)c1C1CCCCC1. The average molecular weight is 216 g/mol. The van der Waals surface area contributed by atoms with Gasteiger partial charge in [0.25, 0.3) is 0 Å². The molecule has 0 aliphatic heterocycles. The van der Waals surface area contributed by atoms with Gasteiger partial charge in [0.2, 0.25) is 0 Å². The van der Waals surface area contributed by atoms with E-state index >= 15 is 0 Å². The van der Waals surface area contributed by atoms with Gasteiger partial charge in [-0.25, -0.2) is 0 Å². The van der Waals surface area contributed by atoms with Gasteiger partial charge in [-0.1, -0.05) is 51.3 Å². The quantitative estimate of drug-likeness (QED) is 0.677. The van der Waals surface area contributed by atoms with Crippen molar-refractivity contribution in [1.29, 1.82) is 0 Å². The van der Waals surface area contributed by atoms with Crippen LogP contribution in [0.5, 0.6) is 0 Å². The van der Waals surface area contributed by atoms with Gasteiger partial charge in [-0.2, -0.15) is 0 Å². The molecule has 1 saturated carbocycles. The summed E-state index contributed by atoms with van der Waals surface area (Å²) >= 11 is 0. The Morgan fingerprint density at radius 2 is 1.50 bits per heavy atom. The van der Waals surface area contributed by atoms with Gasteiger partial charge in [-0.15, -0.1) is 0 Å². The molecule has 0 bridgehead atoms. The largest absolute Gasteiger partial charge is 0.0617 e. The van der Waals surface area contributed by atoms with Crippen molar-refractivity contribution in [2.24, 2.45) is 0 Å². The molecule has 1 aliphatic rings. The van der Waals surface area contributed by atoms with E-state index in [9.17, 15) is 0 Å². The number of hydrogen-bond donors (Lipinski definition) is 0. The molecule has 0 radical (unpaired) electrons. The fourth-order valence-electron chi connectivity index (χ4n) is 3.20. The molecule has 1 fully saturated rings. The monoisotopic (exact) mass is 216 g/mol. The summed E-state index contributed by atoms with van der Waals surface area (Å²) in [5, 5.41) is 0. The molecule has 16 heavy (non-hydrogen) atoms. The lowest BCUT2D eigenvalue weighted by Gasteiger charge is -2.26. The zero-order valence-electron chi connectivity index (χ0n) is 10.8. The van der Waals surface area contributed by atoms with Crippen LogP contribution in [-0.2, 0) is 12.8 Å². The van der Waals surface area contributed by atoms with Gasteiger partial charge >= 0.3 is 0 Å². The first kappa shape index (κ1) is 11.7. The van der Waals surface area contributed by atoms with Crippen LogP contribution in [0.15, 0.2) is 18.2 Å². The van der Waals surface area contributed by atoms with Gasteiger partial charge < -0.3 is 0 Å². The lowest BCUT2D eigenvalue weighted by Crippen LogP contribution is -2.10. The summed E-state index contributed by atoms with van der Waals surface area (Å²) in [6.07, 6.45) is 9.55. The predicted octanol–water partition coefficient (Wildman–Crippen LogP) is 4.86. The molecule has 0 saturated heterocycles. The normalized spacial score (nSPS) is 17.6. The number of benzene rings is 1. The van der Waals surface area contributed by atoms with Gasteiger partial charge in [0, 0.05) is 0 Å². The van der Waals surface area contributed by atoms with Crippen molar-refractivity contribution in [3.05, 3.63) is 34.9 Å². The van der Waals surface area contributed by atoms with Crippen LogP contribution < -0.4 is 0 Å². The maximum Gasteiger partial charge on any atom is -0.0157 e. The van der Waals surface area contributed by atoms with Crippen LogP contribution >= 0.6 is 0 Å². The van der Waals surface area contributed by atoms with Crippen molar-refractivity contribution in [1.82, 2.24) is 0 Å². The lowest BCUT2D eigenvalue weighted by atomic mass is 9.79. The van der Waals surface area contributed by atoms with Gasteiger partial charge in [0.05, 0.1) is 0 Å². The smallest absolute Gasteiger partial charge is 0.0157 e. The highest BCUT2D eigenvalue weighted by molar-refractivity contribution is 5.38. The predicted molar refractivity (Wildman–Crippen MR) is 71.0 cm³/mol. The van der Waals surface area contributed by atoms with Crippen LogP contribution in [0.1, 0.15) is 68.6 Å². The summed E-state index contributed by atoms with van der Waals surface area (Å²) in [5.74, 6) is 0.861. The molecule has 1 aromatic carbocycles. The van der Waals surface area contributed by atoms with E-state index in [-0.39, 0.29) is 0 Å². The maximum atomic E-state index is 2.34. The second kappa shape index (κ2) is 5.52. The first-order valence-electron chi connectivity index (χ1n) is 6.97. The summed E-state index contributed by atoms with van der Waals surface area (Å²) in [5.41, 5.74) is 4.92. The molecule has 0 amide bonds. The topological polar surface area (TPSA) is 0 Å². The molecule has 0 aromatic heterocycles. The van der Waals surface area contributed by atoms with Gasteiger partial charge in [-0.05, 0) is 48.3 Å². The van der Waals surface area contributed by atoms with Gasteiger partial charge in [0.15, 0.2) is 0 Å². The summed E-state index contributed by atoms with van der Waals surface area (Å²) < 4.78 is 0. The van der Waals surface area contributed by atoms with Crippen molar-refractivity contribution in [2.75, 3.05) is 0 Å². The van der Waals surface area contributed by atoms with Crippen LogP contribution in [-0.4, -0.2) is 0 Å². The first-order chi connectivity index (χ1) is 7.86. The summed E-state index contributed by atoms with van der Waals surface area (Å²) in [6, 6.07) is 6.91. The second-order valence-corrected chi connectivity index (χ2v) is 5.03. The zero-order chi connectivity index (χ0) is 11.4. The molecule has 0 spiro atoms. The summed E-state index contributed by atoms with van der Waals surface area (Å²) in [4.78, 5) is 0. The third kappa shape index (κ3) is 2.31. The van der Waals surface area contributed by atoms with Crippen LogP contribution in [0.3, 0.4) is 0 Å². The van der Waals surface area contributed by atoms with E-state index < -0.39 is 0 Å². The summed E-state index contributed by atoms with van der Waals surface area (Å²) in [6.45, 7) is 4.59. The van der Waals surface area contributed by atoms with Crippen LogP contribution in [0.25, 0.3) is 0 Å². The molecular weight excluding hydrogens is 192 g/mol. The van der Waals surface area contributed by atoms with Crippen molar-refractivity contribution in [3.63, 3.8) is 0 Å². The highest BCUT2D eigenvalue weighted by Gasteiger charge is 2.19. The minimum absolute atomic E-state index is 0.861. The molecule has 1 aliphatic carbocycles. The molecule has 1 aromatic rings. The molecule has 0 heteroatoms. The van der Waals surface area contributed by atoms with E-state index in [1.165, 1.54) is 44.9 Å².